The maximum Gasteiger partial charge on any atom is 0.0721 e. The minimum Gasteiger partial charge on any atom is -0.380 e. The van der Waals surface area contributed by atoms with Gasteiger partial charge in [0, 0.05) is 6.04 Å². The first-order chi connectivity index (χ1) is 7.72. The fourth-order valence-corrected chi connectivity index (χ4v) is 2.84. The molecule has 4 heteroatoms. The van der Waals surface area contributed by atoms with Crippen LogP contribution < -0.4 is 11.1 Å². The molecule has 1 aliphatic carbocycles. The molecule has 1 aliphatic rings. The van der Waals surface area contributed by atoms with Crippen LogP contribution >= 0.6 is 23.2 Å². The summed E-state index contributed by atoms with van der Waals surface area (Å²) in [7, 11) is 0. The summed E-state index contributed by atoms with van der Waals surface area (Å²) in [6.07, 6.45) is 3.56. The number of hydrogen-bond donors (Lipinski definition) is 2. The van der Waals surface area contributed by atoms with Gasteiger partial charge in [0.2, 0.25) is 0 Å². The highest BCUT2D eigenvalue weighted by molar-refractivity contribution is 6.39. The van der Waals surface area contributed by atoms with Gasteiger partial charge in [0.25, 0.3) is 0 Å². The minimum absolute atomic E-state index is 0.405. The molecule has 2 nitrogen and oxygen atoms in total. The number of halogens is 2. The predicted octanol–water partition coefficient (Wildman–Crippen LogP) is 3.53. The molecule has 2 rings (SSSR count). The maximum absolute atomic E-state index is 6.12. The quantitative estimate of drug-likeness (QED) is 0.871. The molecule has 0 aliphatic heterocycles. The van der Waals surface area contributed by atoms with Gasteiger partial charge in [-0.1, -0.05) is 35.7 Å². The van der Waals surface area contributed by atoms with Crippen molar-refractivity contribution in [2.24, 2.45) is 11.7 Å². The Bertz CT molecular complexity index is 348. The molecule has 1 aromatic carbocycles. The van der Waals surface area contributed by atoms with Crippen LogP contribution in [-0.2, 0) is 0 Å². The summed E-state index contributed by atoms with van der Waals surface area (Å²) in [6, 6.07) is 5.96. The van der Waals surface area contributed by atoms with Crippen LogP contribution in [0.4, 0.5) is 5.69 Å². The lowest BCUT2D eigenvalue weighted by Gasteiger charge is -2.22. The average Bonchev–Trinajstić information content (AvgIpc) is 2.71. The Balaban J connectivity index is 2.14. The van der Waals surface area contributed by atoms with Crippen LogP contribution in [0.5, 0.6) is 0 Å². The molecule has 2 unspecified atom stereocenters. The van der Waals surface area contributed by atoms with Gasteiger partial charge in [0.1, 0.15) is 0 Å². The predicted molar refractivity (Wildman–Crippen MR) is 70.3 cm³/mol. The second kappa shape index (κ2) is 5.26. The first kappa shape index (κ1) is 12.0. The molecule has 0 heterocycles. The summed E-state index contributed by atoms with van der Waals surface area (Å²) >= 11 is 12.2. The molecule has 88 valence electrons. The van der Waals surface area contributed by atoms with E-state index in [2.05, 4.69) is 5.32 Å². The van der Waals surface area contributed by atoms with Crippen molar-refractivity contribution < 1.29 is 0 Å². The third-order valence-electron chi connectivity index (χ3n) is 3.25. The van der Waals surface area contributed by atoms with E-state index in [1.54, 1.807) is 0 Å². The van der Waals surface area contributed by atoms with Gasteiger partial charge in [0.15, 0.2) is 0 Å². The number of para-hydroxylation sites is 1. The van der Waals surface area contributed by atoms with Crippen LogP contribution in [-0.4, -0.2) is 12.6 Å². The minimum atomic E-state index is 0.405. The normalized spacial score (nSPS) is 24.7. The Labute approximate surface area is 106 Å². The highest BCUT2D eigenvalue weighted by Crippen LogP contribution is 2.34. The van der Waals surface area contributed by atoms with E-state index in [0.29, 0.717) is 22.0 Å². The molecule has 0 saturated heterocycles. The molecule has 1 saturated carbocycles. The molecule has 0 spiro atoms. The summed E-state index contributed by atoms with van der Waals surface area (Å²) < 4.78 is 0. The number of rotatable bonds is 3. The smallest absolute Gasteiger partial charge is 0.0721 e. The van der Waals surface area contributed by atoms with Crippen LogP contribution in [0.1, 0.15) is 19.3 Å². The van der Waals surface area contributed by atoms with Gasteiger partial charge in [-0.3, -0.25) is 0 Å². The second-order valence-electron chi connectivity index (χ2n) is 4.27. The van der Waals surface area contributed by atoms with Crippen molar-refractivity contribution in [3.8, 4) is 0 Å². The summed E-state index contributed by atoms with van der Waals surface area (Å²) in [5.41, 5.74) is 6.59. The van der Waals surface area contributed by atoms with Gasteiger partial charge >= 0.3 is 0 Å². The largest absolute Gasteiger partial charge is 0.380 e. The topological polar surface area (TPSA) is 38.0 Å². The molecule has 1 fully saturated rings. The average molecular weight is 259 g/mol. The Morgan fingerprint density at radius 2 is 1.94 bits per heavy atom. The number of anilines is 1. The van der Waals surface area contributed by atoms with Gasteiger partial charge in [0.05, 0.1) is 15.7 Å². The van der Waals surface area contributed by atoms with Gasteiger partial charge in [-0.05, 0) is 37.4 Å². The van der Waals surface area contributed by atoms with E-state index in [1.165, 1.54) is 12.8 Å². The van der Waals surface area contributed by atoms with E-state index in [4.69, 9.17) is 28.9 Å². The summed E-state index contributed by atoms with van der Waals surface area (Å²) in [6.45, 7) is 0.722. The van der Waals surface area contributed by atoms with Gasteiger partial charge in [-0.2, -0.15) is 0 Å². The van der Waals surface area contributed by atoms with Crippen molar-refractivity contribution in [3.63, 3.8) is 0 Å². The number of nitrogens with two attached hydrogens (primary N) is 1. The standard InChI is InChI=1S/C12H16Cl2N2/c13-9-4-2-5-10(14)12(9)16-11-6-1-3-8(11)7-15/h2,4-5,8,11,16H,1,3,6-7,15H2. The molecule has 0 radical (unpaired) electrons. The molecular formula is C12H16Cl2N2. The van der Waals surface area contributed by atoms with Crippen LogP contribution in [0.2, 0.25) is 10.0 Å². The molecule has 16 heavy (non-hydrogen) atoms. The zero-order valence-corrected chi connectivity index (χ0v) is 10.6. The fourth-order valence-electron chi connectivity index (χ4n) is 2.33. The molecule has 0 bridgehead atoms. The third-order valence-corrected chi connectivity index (χ3v) is 3.88. The molecule has 0 aromatic heterocycles. The lowest BCUT2D eigenvalue weighted by molar-refractivity contribution is 0.516. The first-order valence-corrected chi connectivity index (χ1v) is 6.38. The van der Waals surface area contributed by atoms with E-state index in [0.717, 1.165) is 18.7 Å². The molecule has 0 amide bonds. The lowest BCUT2D eigenvalue weighted by Crippen LogP contribution is -2.29. The van der Waals surface area contributed by atoms with Gasteiger partial charge < -0.3 is 11.1 Å². The zero-order chi connectivity index (χ0) is 11.5. The van der Waals surface area contributed by atoms with Crippen molar-refractivity contribution in [3.05, 3.63) is 28.2 Å². The summed E-state index contributed by atoms with van der Waals surface area (Å²) in [5, 5.41) is 4.79. The number of hydrogen-bond acceptors (Lipinski definition) is 2. The van der Waals surface area contributed by atoms with Crippen molar-refractivity contribution in [1.29, 1.82) is 0 Å². The zero-order valence-electron chi connectivity index (χ0n) is 9.05. The van der Waals surface area contributed by atoms with E-state index >= 15 is 0 Å². The SMILES string of the molecule is NCC1CCCC1Nc1c(Cl)cccc1Cl. The monoisotopic (exact) mass is 258 g/mol. The van der Waals surface area contributed by atoms with Crippen LogP contribution in [0.15, 0.2) is 18.2 Å². The highest BCUT2D eigenvalue weighted by atomic mass is 35.5. The van der Waals surface area contributed by atoms with Crippen LogP contribution in [0.3, 0.4) is 0 Å². The highest BCUT2D eigenvalue weighted by Gasteiger charge is 2.26. The van der Waals surface area contributed by atoms with E-state index in [-0.39, 0.29) is 0 Å². The fraction of sp³-hybridized carbons (Fsp3) is 0.500. The van der Waals surface area contributed by atoms with E-state index in [9.17, 15) is 0 Å². The molecule has 3 N–H and O–H groups in total. The third kappa shape index (κ3) is 2.45. The Kier molecular flexibility index (Phi) is 3.95. The lowest BCUT2D eigenvalue weighted by atomic mass is 10.0. The van der Waals surface area contributed by atoms with Gasteiger partial charge in [-0.25, -0.2) is 0 Å². The number of benzene rings is 1. The van der Waals surface area contributed by atoms with Crippen LogP contribution in [0, 0.1) is 5.92 Å². The maximum atomic E-state index is 6.12. The van der Waals surface area contributed by atoms with Crippen molar-refractivity contribution in [2.75, 3.05) is 11.9 Å². The van der Waals surface area contributed by atoms with E-state index in [1.807, 2.05) is 18.2 Å². The van der Waals surface area contributed by atoms with Crippen molar-refractivity contribution in [1.82, 2.24) is 0 Å². The number of nitrogens with one attached hydrogen (secondary N) is 1. The van der Waals surface area contributed by atoms with E-state index < -0.39 is 0 Å². The van der Waals surface area contributed by atoms with Crippen molar-refractivity contribution >= 4 is 28.9 Å². The Morgan fingerprint density at radius 1 is 1.25 bits per heavy atom. The second-order valence-corrected chi connectivity index (χ2v) is 5.09. The molecular weight excluding hydrogens is 243 g/mol. The van der Waals surface area contributed by atoms with Crippen molar-refractivity contribution in [2.45, 2.75) is 25.3 Å². The molecule has 2 atom stereocenters. The Hall–Kier alpha value is -0.440. The summed E-state index contributed by atoms with van der Waals surface area (Å²) in [4.78, 5) is 0. The summed E-state index contributed by atoms with van der Waals surface area (Å²) in [5.74, 6) is 0.535. The van der Waals surface area contributed by atoms with Gasteiger partial charge in [-0.15, -0.1) is 0 Å². The molecule has 1 aromatic rings. The van der Waals surface area contributed by atoms with Crippen LogP contribution in [0.25, 0.3) is 0 Å². The first-order valence-electron chi connectivity index (χ1n) is 5.63. The Morgan fingerprint density at radius 3 is 2.56 bits per heavy atom.